The van der Waals surface area contributed by atoms with Gasteiger partial charge in [-0.3, -0.25) is 14.4 Å². The fraction of sp³-hybridized carbons (Fsp3) is 0.225. The highest BCUT2D eigenvalue weighted by atomic mass is 16.3. The average molecular weight is 639 g/mol. The number of Topliss-reactive ketones (excluding diaryl/α,β-unsaturated/α-hetero) is 2. The summed E-state index contributed by atoms with van der Waals surface area (Å²) in [7, 11) is 0. The summed E-state index contributed by atoms with van der Waals surface area (Å²) in [6.07, 6.45) is 6.02. The van der Waals surface area contributed by atoms with Crippen molar-refractivity contribution < 1.29 is 19.5 Å². The maximum Gasteiger partial charge on any atom is 0.255 e. The van der Waals surface area contributed by atoms with Crippen molar-refractivity contribution in [1.82, 2.24) is 9.13 Å². The molecule has 1 aliphatic rings. The van der Waals surface area contributed by atoms with Gasteiger partial charge in [-0.2, -0.15) is 0 Å². The number of nitrogens with zero attached hydrogens (tertiary/aromatic N) is 3. The van der Waals surface area contributed by atoms with E-state index in [0.717, 1.165) is 64.7 Å². The Bertz CT molecular complexity index is 2120. The molecule has 1 amide bonds. The van der Waals surface area contributed by atoms with Gasteiger partial charge in [0.15, 0.2) is 11.6 Å². The van der Waals surface area contributed by atoms with E-state index in [4.69, 9.17) is 0 Å². The summed E-state index contributed by atoms with van der Waals surface area (Å²) in [5, 5.41) is 14.8. The number of carbonyl (C=O) groups is 3. The summed E-state index contributed by atoms with van der Waals surface area (Å²) in [6.45, 7) is 3.86. The first-order valence-corrected chi connectivity index (χ1v) is 16.5. The lowest BCUT2D eigenvalue weighted by molar-refractivity contribution is -0.119. The van der Waals surface area contributed by atoms with Gasteiger partial charge in [-0.1, -0.05) is 13.0 Å². The summed E-state index contributed by atoms with van der Waals surface area (Å²) in [5.74, 6) is 0.0582. The molecule has 242 valence electrons. The molecule has 0 unspecified atom stereocenters. The second-order valence-corrected chi connectivity index (χ2v) is 12.6. The van der Waals surface area contributed by atoms with E-state index in [2.05, 4.69) is 14.8 Å². The first kappa shape index (κ1) is 31.1. The van der Waals surface area contributed by atoms with Crippen molar-refractivity contribution >= 4 is 50.7 Å². The van der Waals surface area contributed by atoms with Crippen LogP contribution in [-0.4, -0.2) is 50.9 Å². The number of ketones is 2. The van der Waals surface area contributed by atoms with Gasteiger partial charge in [0.1, 0.15) is 0 Å². The van der Waals surface area contributed by atoms with Crippen molar-refractivity contribution in [1.29, 1.82) is 0 Å². The molecule has 4 aromatic carbocycles. The summed E-state index contributed by atoms with van der Waals surface area (Å²) in [5.41, 5.74) is 6.86. The van der Waals surface area contributed by atoms with Crippen LogP contribution in [0.3, 0.4) is 0 Å². The summed E-state index contributed by atoms with van der Waals surface area (Å²) < 4.78 is 4.02. The molecule has 7 rings (SSSR count). The summed E-state index contributed by atoms with van der Waals surface area (Å²) >= 11 is 0. The highest BCUT2D eigenvalue weighted by Gasteiger charge is 2.18. The predicted octanol–water partition coefficient (Wildman–Crippen LogP) is 7.20. The molecule has 1 aliphatic heterocycles. The van der Waals surface area contributed by atoms with Crippen molar-refractivity contribution in [2.24, 2.45) is 0 Å². The van der Waals surface area contributed by atoms with Crippen molar-refractivity contribution in [2.75, 3.05) is 23.3 Å². The summed E-state index contributed by atoms with van der Waals surface area (Å²) in [6, 6.07) is 31.1. The number of aliphatic hydroxyl groups excluding tert-OH is 1. The maximum absolute atomic E-state index is 13.2. The Balaban J connectivity index is 0.992. The van der Waals surface area contributed by atoms with E-state index in [1.54, 1.807) is 0 Å². The number of anilines is 2. The highest BCUT2D eigenvalue weighted by Crippen LogP contribution is 2.26. The quantitative estimate of drug-likeness (QED) is 0.155. The molecule has 8 heteroatoms. The number of hydrogen-bond acceptors (Lipinski definition) is 5. The second kappa shape index (κ2) is 13.3. The van der Waals surface area contributed by atoms with Crippen LogP contribution in [0.1, 0.15) is 52.5 Å². The molecule has 2 aromatic heterocycles. The van der Waals surface area contributed by atoms with Crippen molar-refractivity contribution in [3.63, 3.8) is 0 Å². The minimum atomic E-state index is -0.221. The lowest BCUT2D eigenvalue weighted by Crippen LogP contribution is -2.35. The fourth-order valence-corrected chi connectivity index (χ4v) is 6.49. The topological polar surface area (TPSA) is 96.6 Å². The molecule has 0 atom stereocenters. The number of fused-ring (bicyclic) bond motifs is 2. The van der Waals surface area contributed by atoms with Crippen LogP contribution >= 0.6 is 0 Å². The Morgan fingerprint density at radius 2 is 1.42 bits per heavy atom. The van der Waals surface area contributed by atoms with Crippen molar-refractivity contribution in [2.45, 2.75) is 45.3 Å². The molecular weight excluding hydrogens is 600 g/mol. The number of aromatic nitrogens is 2. The lowest BCUT2D eigenvalue weighted by Gasteiger charge is -2.31. The smallest absolute Gasteiger partial charge is 0.255 e. The number of hydrogen-bond donors (Lipinski definition) is 2. The molecule has 48 heavy (non-hydrogen) atoms. The Labute approximate surface area is 279 Å². The molecule has 0 bridgehead atoms. The second-order valence-electron chi connectivity index (χ2n) is 12.6. The van der Waals surface area contributed by atoms with Gasteiger partial charge in [-0.05, 0) is 115 Å². The molecule has 3 heterocycles. The molecule has 0 aliphatic carbocycles. The van der Waals surface area contributed by atoms with E-state index in [-0.39, 0.29) is 23.6 Å². The lowest BCUT2D eigenvalue weighted by atomic mass is 10.0. The van der Waals surface area contributed by atoms with E-state index in [1.807, 2.05) is 121 Å². The molecule has 1 saturated heterocycles. The Morgan fingerprint density at radius 1 is 0.750 bits per heavy atom. The zero-order valence-corrected chi connectivity index (χ0v) is 26.9. The molecule has 8 nitrogen and oxygen atoms in total. The monoisotopic (exact) mass is 638 g/mol. The standard InChI is InChI=1S/C40H38N4O4/c1-2-35(45)26-43-19-15-30-23-27(3-13-37(30)43)24-39(47)28-4-11-34(12-5-28)44-22-16-31-25-32(8-14-38(31)44)41-40(48)29-6-9-33(10-7-29)42-20-17-36(46)18-21-42/h3-16,19,22-23,25,36,46H,2,17-18,20-21,24,26H2,1H3,(H,41,48). The van der Waals surface area contributed by atoms with Crippen LogP contribution in [0.25, 0.3) is 27.5 Å². The van der Waals surface area contributed by atoms with Gasteiger partial charge in [0.2, 0.25) is 0 Å². The van der Waals surface area contributed by atoms with Crippen LogP contribution in [0, 0.1) is 0 Å². The summed E-state index contributed by atoms with van der Waals surface area (Å²) in [4.78, 5) is 40.3. The number of amides is 1. The van der Waals surface area contributed by atoms with E-state index < -0.39 is 0 Å². The Hall–Kier alpha value is -5.47. The fourth-order valence-electron chi connectivity index (χ4n) is 6.49. The minimum Gasteiger partial charge on any atom is -0.393 e. The van der Waals surface area contributed by atoms with E-state index >= 15 is 0 Å². The maximum atomic E-state index is 13.2. The number of piperidine rings is 1. The predicted molar refractivity (Wildman–Crippen MR) is 190 cm³/mol. The largest absolute Gasteiger partial charge is 0.393 e. The zero-order chi connectivity index (χ0) is 33.2. The zero-order valence-electron chi connectivity index (χ0n) is 26.9. The van der Waals surface area contributed by atoms with Gasteiger partial charge in [-0.15, -0.1) is 0 Å². The van der Waals surface area contributed by atoms with Gasteiger partial charge in [-0.25, -0.2) is 0 Å². The van der Waals surface area contributed by atoms with Gasteiger partial charge in [0.25, 0.3) is 5.91 Å². The molecule has 0 saturated carbocycles. The minimum absolute atomic E-state index is 0.0419. The third-order valence-corrected chi connectivity index (χ3v) is 9.32. The van der Waals surface area contributed by atoms with Crippen LogP contribution in [0.4, 0.5) is 11.4 Å². The third kappa shape index (κ3) is 6.52. The normalized spacial score (nSPS) is 13.7. The van der Waals surface area contributed by atoms with Crippen molar-refractivity contribution in [3.05, 3.63) is 126 Å². The Morgan fingerprint density at radius 3 is 2.17 bits per heavy atom. The van der Waals surface area contributed by atoms with Crippen LogP contribution in [0.15, 0.2) is 109 Å². The first-order valence-electron chi connectivity index (χ1n) is 16.5. The SMILES string of the molecule is CCC(=O)Cn1ccc2cc(CC(=O)c3ccc(-n4ccc5cc(NC(=O)c6ccc(N7CCC(O)CC7)cc6)ccc54)cc3)ccc21. The molecular formula is C40H38N4O4. The van der Waals surface area contributed by atoms with E-state index in [0.29, 0.717) is 36.2 Å². The molecule has 6 aromatic rings. The van der Waals surface area contributed by atoms with Gasteiger partial charge in [0.05, 0.1) is 18.2 Å². The number of nitrogens with one attached hydrogen (secondary N) is 1. The van der Waals surface area contributed by atoms with Gasteiger partial charge < -0.3 is 24.5 Å². The van der Waals surface area contributed by atoms with Crippen molar-refractivity contribution in [3.8, 4) is 5.69 Å². The molecule has 1 fully saturated rings. The van der Waals surface area contributed by atoms with Crippen LogP contribution in [0.2, 0.25) is 0 Å². The number of benzene rings is 4. The van der Waals surface area contributed by atoms with Crippen LogP contribution in [0.5, 0.6) is 0 Å². The van der Waals surface area contributed by atoms with Gasteiger partial charge >= 0.3 is 0 Å². The highest BCUT2D eigenvalue weighted by molar-refractivity contribution is 6.05. The van der Waals surface area contributed by atoms with E-state index in [9.17, 15) is 19.5 Å². The van der Waals surface area contributed by atoms with Crippen LogP contribution in [-0.2, 0) is 17.8 Å². The number of aliphatic hydroxyl groups is 1. The van der Waals surface area contributed by atoms with Crippen LogP contribution < -0.4 is 10.2 Å². The number of rotatable bonds is 10. The number of carbonyl (C=O) groups excluding carboxylic acids is 3. The first-order chi connectivity index (χ1) is 23.3. The van der Waals surface area contributed by atoms with E-state index in [1.165, 1.54) is 0 Å². The third-order valence-electron chi connectivity index (χ3n) is 9.32. The molecule has 0 spiro atoms. The molecule has 2 N–H and O–H groups in total. The molecule has 0 radical (unpaired) electrons. The average Bonchev–Trinajstić information content (AvgIpc) is 3.72. The van der Waals surface area contributed by atoms with Gasteiger partial charge in [0, 0.05) is 77.4 Å². The Kier molecular flexibility index (Phi) is 8.65.